The summed E-state index contributed by atoms with van der Waals surface area (Å²) in [6.45, 7) is 6.37. The largest absolute Gasteiger partial charge is 0.396 e. The van der Waals surface area contributed by atoms with Gasteiger partial charge in [-0.1, -0.05) is 46.0 Å². The second kappa shape index (κ2) is 8.17. The maximum atomic E-state index is 12.9. The molecule has 1 aliphatic heterocycles. The Morgan fingerprint density at radius 1 is 1.05 bits per heavy atom. The van der Waals surface area contributed by atoms with E-state index in [4.69, 9.17) is 0 Å². The molecule has 21 heavy (non-hydrogen) atoms. The van der Waals surface area contributed by atoms with Crippen molar-refractivity contribution in [2.45, 2.75) is 65.2 Å². The third-order valence-corrected chi connectivity index (χ3v) is 5.62. The quantitative estimate of drug-likeness (QED) is 0.844. The van der Waals surface area contributed by atoms with Crippen LogP contribution in [0, 0.1) is 23.7 Å². The summed E-state index contributed by atoms with van der Waals surface area (Å²) in [5, 5.41) is 9.23. The molecular formula is C18H33NO2. The Labute approximate surface area is 130 Å². The van der Waals surface area contributed by atoms with E-state index in [0.29, 0.717) is 17.7 Å². The molecule has 1 unspecified atom stereocenters. The first-order valence-electron chi connectivity index (χ1n) is 9.01. The first kappa shape index (κ1) is 16.8. The van der Waals surface area contributed by atoms with Gasteiger partial charge in [-0.25, -0.2) is 0 Å². The maximum Gasteiger partial charge on any atom is 0.225 e. The molecule has 2 fully saturated rings. The monoisotopic (exact) mass is 295 g/mol. The van der Waals surface area contributed by atoms with Crippen molar-refractivity contribution in [1.82, 2.24) is 4.90 Å². The molecule has 1 saturated heterocycles. The molecule has 1 aliphatic carbocycles. The van der Waals surface area contributed by atoms with Gasteiger partial charge in [-0.15, -0.1) is 0 Å². The molecule has 1 heterocycles. The maximum absolute atomic E-state index is 12.9. The molecule has 0 aromatic rings. The number of hydrogen-bond acceptors (Lipinski definition) is 2. The van der Waals surface area contributed by atoms with Gasteiger partial charge in [0.1, 0.15) is 0 Å². The lowest BCUT2D eigenvalue weighted by Crippen LogP contribution is -2.44. The summed E-state index contributed by atoms with van der Waals surface area (Å²) in [6.07, 6.45) is 9.76. The van der Waals surface area contributed by atoms with Gasteiger partial charge < -0.3 is 10.0 Å². The molecule has 3 heteroatoms. The van der Waals surface area contributed by atoms with Gasteiger partial charge in [0, 0.05) is 25.6 Å². The van der Waals surface area contributed by atoms with Gasteiger partial charge in [0.2, 0.25) is 5.91 Å². The van der Waals surface area contributed by atoms with Gasteiger partial charge in [-0.05, 0) is 37.0 Å². The molecule has 0 spiro atoms. The molecule has 0 aromatic carbocycles. The van der Waals surface area contributed by atoms with Crippen molar-refractivity contribution in [3.05, 3.63) is 0 Å². The molecule has 122 valence electrons. The molecule has 1 amide bonds. The van der Waals surface area contributed by atoms with Crippen LogP contribution in [0.5, 0.6) is 0 Å². The number of likely N-dealkylation sites (tertiary alicyclic amines) is 1. The van der Waals surface area contributed by atoms with Crippen molar-refractivity contribution in [3.63, 3.8) is 0 Å². The van der Waals surface area contributed by atoms with Crippen LogP contribution in [-0.4, -0.2) is 35.6 Å². The minimum absolute atomic E-state index is 0.207. The number of hydrogen-bond donors (Lipinski definition) is 1. The number of carbonyl (C=O) groups is 1. The van der Waals surface area contributed by atoms with Crippen LogP contribution in [0.1, 0.15) is 65.2 Å². The van der Waals surface area contributed by atoms with Crippen LogP contribution in [0.25, 0.3) is 0 Å². The number of carbonyl (C=O) groups excluding carboxylic acids is 1. The molecule has 0 bridgehead atoms. The van der Waals surface area contributed by atoms with E-state index in [9.17, 15) is 9.90 Å². The van der Waals surface area contributed by atoms with Gasteiger partial charge in [-0.3, -0.25) is 4.79 Å². The second-order valence-electron chi connectivity index (χ2n) is 7.54. The SMILES string of the molecule is CC(C)C(CC1CCCCC1)C(=O)N1CCC(CO)CC1. The molecule has 2 aliphatic rings. The third-order valence-electron chi connectivity index (χ3n) is 5.62. The fourth-order valence-electron chi connectivity index (χ4n) is 4.01. The highest BCUT2D eigenvalue weighted by molar-refractivity contribution is 5.79. The molecule has 2 rings (SSSR count). The lowest BCUT2D eigenvalue weighted by atomic mass is 9.78. The topological polar surface area (TPSA) is 40.5 Å². The highest BCUT2D eigenvalue weighted by Crippen LogP contribution is 2.33. The molecule has 1 saturated carbocycles. The normalized spacial score (nSPS) is 23.5. The minimum Gasteiger partial charge on any atom is -0.396 e. The lowest BCUT2D eigenvalue weighted by Gasteiger charge is -2.36. The highest BCUT2D eigenvalue weighted by atomic mass is 16.3. The predicted molar refractivity (Wildman–Crippen MR) is 85.9 cm³/mol. The van der Waals surface area contributed by atoms with E-state index in [-0.39, 0.29) is 12.5 Å². The van der Waals surface area contributed by atoms with Crippen LogP contribution in [0.2, 0.25) is 0 Å². The predicted octanol–water partition coefficient (Wildman–Crippen LogP) is 3.46. The second-order valence-corrected chi connectivity index (χ2v) is 7.54. The number of aliphatic hydroxyl groups excluding tert-OH is 1. The van der Waals surface area contributed by atoms with E-state index < -0.39 is 0 Å². The van der Waals surface area contributed by atoms with Crippen molar-refractivity contribution < 1.29 is 9.90 Å². The van der Waals surface area contributed by atoms with E-state index >= 15 is 0 Å². The summed E-state index contributed by atoms with van der Waals surface area (Å²) in [5.41, 5.74) is 0. The summed E-state index contributed by atoms with van der Waals surface area (Å²) in [5.74, 6) is 2.20. The Hall–Kier alpha value is -0.570. The molecular weight excluding hydrogens is 262 g/mol. The zero-order valence-electron chi connectivity index (χ0n) is 13.9. The zero-order valence-corrected chi connectivity index (χ0v) is 13.9. The smallest absolute Gasteiger partial charge is 0.225 e. The van der Waals surface area contributed by atoms with Crippen molar-refractivity contribution in [2.75, 3.05) is 19.7 Å². The third kappa shape index (κ3) is 4.70. The highest BCUT2D eigenvalue weighted by Gasteiger charge is 2.31. The number of nitrogens with zero attached hydrogens (tertiary/aromatic N) is 1. The number of rotatable bonds is 5. The van der Waals surface area contributed by atoms with E-state index in [1.165, 1.54) is 32.1 Å². The Kier molecular flexibility index (Phi) is 6.53. The molecule has 3 nitrogen and oxygen atoms in total. The number of aliphatic hydroxyl groups is 1. The summed E-state index contributed by atoms with van der Waals surface area (Å²) < 4.78 is 0. The van der Waals surface area contributed by atoms with E-state index in [1.807, 2.05) is 0 Å². The molecule has 1 atom stereocenters. The first-order valence-corrected chi connectivity index (χ1v) is 9.01. The average molecular weight is 295 g/mol. The van der Waals surface area contributed by atoms with Gasteiger partial charge in [0.05, 0.1) is 0 Å². The zero-order chi connectivity index (χ0) is 15.2. The number of amides is 1. The molecule has 1 N–H and O–H groups in total. The summed E-state index contributed by atoms with van der Waals surface area (Å²) in [4.78, 5) is 14.9. The van der Waals surface area contributed by atoms with Crippen LogP contribution >= 0.6 is 0 Å². The van der Waals surface area contributed by atoms with E-state index in [0.717, 1.165) is 38.3 Å². The van der Waals surface area contributed by atoms with Crippen molar-refractivity contribution in [2.24, 2.45) is 23.7 Å². The Balaban J connectivity index is 1.89. The van der Waals surface area contributed by atoms with Crippen molar-refractivity contribution in [1.29, 1.82) is 0 Å². The molecule has 0 radical (unpaired) electrons. The minimum atomic E-state index is 0.207. The van der Waals surface area contributed by atoms with Gasteiger partial charge >= 0.3 is 0 Å². The summed E-state index contributed by atoms with van der Waals surface area (Å²) in [7, 11) is 0. The summed E-state index contributed by atoms with van der Waals surface area (Å²) in [6, 6.07) is 0. The van der Waals surface area contributed by atoms with Crippen molar-refractivity contribution in [3.8, 4) is 0 Å². The number of piperidine rings is 1. The Bertz CT molecular complexity index is 315. The average Bonchev–Trinajstić information content (AvgIpc) is 2.53. The fourth-order valence-corrected chi connectivity index (χ4v) is 4.01. The standard InChI is InChI=1S/C18H33NO2/c1-14(2)17(12-15-6-4-3-5-7-15)18(21)19-10-8-16(13-20)9-11-19/h14-17,20H,3-13H2,1-2H3. The molecule has 0 aromatic heterocycles. The van der Waals surface area contributed by atoms with Crippen LogP contribution in [0.15, 0.2) is 0 Å². The van der Waals surface area contributed by atoms with Crippen molar-refractivity contribution >= 4 is 5.91 Å². The first-order chi connectivity index (χ1) is 10.1. The van der Waals surface area contributed by atoms with E-state index in [1.54, 1.807) is 0 Å². The Morgan fingerprint density at radius 3 is 2.19 bits per heavy atom. The van der Waals surface area contributed by atoms with E-state index in [2.05, 4.69) is 18.7 Å². The Morgan fingerprint density at radius 2 is 1.67 bits per heavy atom. The lowest BCUT2D eigenvalue weighted by molar-refractivity contribution is -0.139. The summed E-state index contributed by atoms with van der Waals surface area (Å²) >= 11 is 0. The van der Waals surface area contributed by atoms with Crippen LogP contribution in [0.3, 0.4) is 0 Å². The fraction of sp³-hybridized carbons (Fsp3) is 0.944. The van der Waals surface area contributed by atoms with Crippen LogP contribution in [-0.2, 0) is 4.79 Å². The van der Waals surface area contributed by atoms with Gasteiger partial charge in [-0.2, -0.15) is 0 Å². The van der Waals surface area contributed by atoms with Gasteiger partial charge in [0.15, 0.2) is 0 Å². The van der Waals surface area contributed by atoms with Crippen LogP contribution in [0.4, 0.5) is 0 Å². The van der Waals surface area contributed by atoms with Gasteiger partial charge in [0.25, 0.3) is 0 Å². The van der Waals surface area contributed by atoms with Crippen LogP contribution < -0.4 is 0 Å².